The number of aromatic amines is 1. The van der Waals surface area contributed by atoms with E-state index < -0.39 is 16.6 Å². The molecule has 23 heavy (non-hydrogen) atoms. The first-order chi connectivity index (χ1) is 10.9. The van der Waals surface area contributed by atoms with Crippen molar-refractivity contribution in [2.24, 2.45) is 0 Å². The minimum absolute atomic E-state index is 0.0366. The minimum atomic E-state index is -0.661. The van der Waals surface area contributed by atoms with E-state index in [1.807, 2.05) is 50.2 Å². The Morgan fingerprint density at radius 1 is 1.39 bits per heavy atom. The molecule has 0 spiro atoms. The lowest BCUT2D eigenvalue weighted by atomic mass is 10.0. The largest absolute Gasteiger partial charge is 0.358 e. The van der Waals surface area contributed by atoms with Crippen molar-refractivity contribution >= 4 is 11.7 Å². The van der Waals surface area contributed by atoms with Crippen molar-refractivity contribution in [2.45, 2.75) is 13.0 Å². The van der Waals surface area contributed by atoms with Gasteiger partial charge in [-0.2, -0.15) is 0 Å². The van der Waals surface area contributed by atoms with E-state index in [0.29, 0.717) is 6.54 Å². The first-order valence-corrected chi connectivity index (χ1v) is 7.09. The Morgan fingerprint density at radius 2 is 2.04 bits per heavy atom. The Hall–Kier alpha value is -2.74. The first kappa shape index (κ1) is 16.6. The van der Waals surface area contributed by atoms with Gasteiger partial charge in [-0.3, -0.25) is 4.79 Å². The zero-order valence-electron chi connectivity index (χ0n) is 13.2. The number of amides is 1. The zero-order chi connectivity index (χ0) is 17.0. The van der Waals surface area contributed by atoms with Gasteiger partial charge in [-0.05, 0) is 31.5 Å². The Morgan fingerprint density at radius 3 is 2.61 bits per heavy atom. The van der Waals surface area contributed by atoms with Gasteiger partial charge in [0.25, 0.3) is 5.91 Å². The van der Waals surface area contributed by atoms with Gasteiger partial charge in [-0.25, -0.2) is 0 Å². The molecule has 2 N–H and O–H groups in total. The molecule has 122 valence electrons. The van der Waals surface area contributed by atoms with Crippen LogP contribution >= 0.6 is 0 Å². The van der Waals surface area contributed by atoms with Gasteiger partial charge in [-0.1, -0.05) is 34.9 Å². The van der Waals surface area contributed by atoms with Crippen LogP contribution in [0.5, 0.6) is 0 Å². The number of carbonyl (C=O) groups excluding carboxylic acids is 1. The van der Waals surface area contributed by atoms with E-state index in [0.717, 1.165) is 17.3 Å². The third-order valence-corrected chi connectivity index (χ3v) is 3.59. The Bertz CT molecular complexity index is 693. The van der Waals surface area contributed by atoms with Gasteiger partial charge < -0.3 is 20.3 Å². The second-order valence-electron chi connectivity index (χ2n) is 5.49. The van der Waals surface area contributed by atoms with Crippen molar-refractivity contribution in [1.82, 2.24) is 20.4 Å². The second-order valence-corrected chi connectivity index (χ2v) is 5.49. The molecule has 0 bridgehead atoms. The van der Waals surface area contributed by atoms with Crippen LogP contribution in [0.1, 0.15) is 27.5 Å². The maximum atomic E-state index is 12.1. The summed E-state index contributed by atoms with van der Waals surface area (Å²) < 4.78 is 0. The van der Waals surface area contributed by atoms with Gasteiger partial charge in [0.1, 0.15) is 0 Å². The fourth-order valence-electron chi connectivity index (χ4n) is 2.26. The number of aromatic nitrogens is 2. The molecule has 0 aliphatic rings. The summed E-state index contributed by atoms with van der Waals surface area (Å²) in [4.78, 5) is 24.3. The summed E-state index contributed by atoms with van der Waals surface area (Å²) in [5.74, 6) is -0.927. The minimum Gasteiger partial charge on any atom is -0.358 e. The number of benzene rings is 1. The number of carbonyl (C=O) groups is 1. The van der Waals surface area contributed by atoms with E-state index in [1.54, 1.807) is 0 Å². The van der Waals surface area contributed by atoms with Gasteiger partial charge in [0.05, 0.1) is 12.2 Å². The molecule has 1 aromatic carbocycles. The highest BCUT2D eigenvalue weighted by molar-refractivity contribution is 5.97. The third-order valence-electron chi connectivity index (χ3n) is 3.59. The normalized spacial score (nSPS) is 12.2. The standard InChI is InChI=1S/C15H19N5O3/c1-10-4-6-11(7-5-10)13(19(2)3)9-16-15(21)12-8-17-18-14(12)20(22)23/h4-8,13H,9H2,1-3H3,(H,16,21)(H,17,18)/t13-/m0/s1. The molecule has 8 heteroatoms. The van der Waals surface area contributed by atoms with Crippen molar-refractivity contribution in [2.75, 3.05) is 20.6 Å². The number of nitrogens with zero attached hydrogens (tertiary/aromatic N) is 3. The lowest BCUT2D eigenvalue weighted by Gasteiger charge is -2.25. The molecule has 2 rings (SSSR count). The SMILES string of the molecule is Cc1ccc([C@H](CNC(=O)c2cn[nH]c2[N+](=O)[O-])N(C)C)cc1. The summed E-state index contributed by atoms with van der Waals surface area (Å²) in [7, 11) is 3.83. The van der Waals surface area contributed by atoms with Crippen LogP contribution < -0.4 is 5.32 Å². The lowest BCUT2D eigenvalue weighted by Crippen LogP contribution is -2.34. The number of nitro groups is 1. The van der Waals surface area contributed by atoms with Crippen LogP contribution in [0.15, 0.2) is 30.5 Å². The smallest absolute Gasteiger partial charge is 0.355 e. The molecule has 8 nitrogen and oxygen atoms in total. The number of aryl methyl sites for hydroxylation is 1. The van der Waals surface area contributed by atoms with Crippen molar-refractivity contribution in [3.63, 3.8) is 0 Å². The fraction of sp³-hybridized carbons (Fsp3) is 0.333. The molecule has 1 amide bonds. The maximum Gasteiger partial charge on any atom is 0.355 e. The van der Waals surface area contributed by atoms with E-state index in [4.69, 9.17) is 0 Å². The third kappa shape index (κ3) is 3.92. The summed E-state index contributed by atoms with van der Waals surface area (Å²) in [5, 5.41) is 19.3. The van der Waals surface area contributed by atoms with Crippen LogP contribution in [-0.4, -0.2) is 46.6 Å². The highest BCUT2D eigenvalue weighted by Crippen LogP contribution is 2.19. The van der Waals surface area contributed by atoms with Gasteiger partial charge in [0.2, 0.25) is 0 Å². The summed E-state index contributed by atoms with van der Waals surface area (Å²) in [6, 6.07) is 7.99. The molecule has 1 heterocycles. The van der Waals surface area contributed by atoms with Crippen molar-refractivity contribution in [1.29, 1.82) is 0 Å². The predicted molar refractivity (Wildman–Crippen MR) is 85.2 cm³/mol. The molecule has 0 aliphatic carbocycles. The summed E-state index contributed by atoms with van der Waals surface area (Å²) in [6.45, 7) is 2.34. The highest BCUT2D eigenvalue weighted by Gasteiger charge is 2.23. The molecule has 0 radical (unpaired) electrons. The van der Waals surface area contributed by atoms with Crippen LogP contribution in [0.2, 0.25) is 0 Å². The Kier molecular flexibility index (Phi) is 5.07. The Balaban J connectivity index is 2.10. The number of hydrogen-bond donors (Lipinski definition) is 2. The molecule has 0 fully saturated rings. The average Bonchev–Trinajstić information content (AvgIpc) is 2.98. The fourth-order valence-corrected chi connectivity index (χ4v) is 2.26. The average molecular weight is 317 g/mol. The van der Waals surface area contributed by atoms with Crippen molar-refractivity contribution < 1.29 is 9.72 Å². The number of rotatable bonds is 6. The molecular weight excluding hydrogens is 298 g/mol. The first-order valence-electron chi connectivity index (χ1n) is 7.09. The van der Waals surface area contributed by atoms with Crippen LogP contribution in [0.4, 0.5) is 5.82 Å². The van der Waals surface area contributed by atoms with E-state index in [-0.39, 0.29) is 11.6 Å². The second kappa shape index (κ2) is 7.01. The molecule has 0 aliphatic heterocycles. The number of likely N-dealkylation sites (N-methyl/N-ethyl adjacent to an activating group) is 1. The molecule has 1 aromatic heterocycles. The Labute approximate surface area is 133 Å². The van der Waals surface area contributed by atoms with Gasteiger partial charge in [0.15, 0.2) is 5.56 Å². The zero-order valence-corrected chi connectivity index (χ0v) is 13.2. The molecule has 0 saturated heterocycles. The monoisotopic (exact) mass is 317 g/mol. The van der Waals surface area contributed by atoms with Crippen LogP contribution in [-0.2, 0) is 0 Å². The van der Waals surface area contributed by atoms with Crippen LogP contribution in [0.3, 0.4) is 0 Å². The summed E-state index contributed by atoms with van der Waals surface area (Å²) in [5.41, 5.74) is 2.14. The summed E-state index contributed by atoms with van der Waals surface area (Å²) in [6.07, 6.45) is 1.16. The number of nitrogens with one attached hydrogen (secondary N) is 2. The summed E-state index contributed by atoms with van der Waals surface area (Å²) >= 11 is 0. The highest BCUT2D eigenvalue weighted by atomic mass is 16.6. The van der Waals surface area contributed by atoms with Crippen molar-refractivity contribution in [3.05, 3.63) is 57.3 Å². The topological polar surface area (TPSA) is 104 Å². The molecular formula is C15H19N5O3. The molecule has 0 unspecified atom stereocenters. The van der Waals surface area contributed by atoms with Gasteiger partial charge in [-0.15, -0.1) is 5.10 Å². The molecule has 1 atom stereocenters. The van der Waals surface area contributed by atoms with E-state index >= 15 is 0 Å². The van der Waals surface area contributed by atoms with E-state index in [2.05, 4.69) is 15.5 Å². The van der Waals surface area contributed by atoms with Gasteiger partial charge >= 0.3 is 5.82 Å². The molecule has 0 saturated carbocycles. The number of hydrogen-bond acceptors (Lipinski definition) is 5. The van der Waals surface area contributed by atoms with Crippen LogP contribution in [0, 0.1) is 17.0 Å². The van der Waals surface area contributed by atoms with Crippen molar-refractivity contribution in [3.8, 4) is 0 Å². The van der Waals surface area contributed by atoms with Crippen LogP contribution in [0.25, 0.3) is 0 Å². The molecule has 2 aromatic rings. The lowest BCUT2D eigenvalue weighted by molar-refractivity contribution is -0.389. The van der Waals surface area contributed by atoms with Gasteiger partial charge in [0, 0.05) is 6.54 Å². The van der Waals surface area contributed by atoms with E-state index in [1.165, 1.54) is 0 Å². The predicted octanol–water partition coefficient (Wildman–Crippen LogP) is 1.66. The quantitative estimate of drug-likeness (QED) is 0.623. The maximum absolute atomic E-state index is 12.1. The number of H-pyrrole nitrogens is 1. The van der Waals surface area contributed by atoms with E-state index in [9.17, 15) is 14.9 Å².